The van der Waals surface area contributed by atoms with Crippen LogP contribution in [0.2, 0.25) is 0 Å². The van der Waals surface area contributed by atoms with E-state index < -0.39 is 23.7 Å². The van der Waals surface area contributed by atoms with Gasteiger partial charge < -0.3 is 19.9 Å². The number of rotatable bonds is 10. The summed E-state index contributed by atoms with van der Waals surface area (Å²) in [4.78, 5) is 24.5. The Morgan fingerprint density at radius 2 is 1.94 bits per heavy atom. The molecule has 0 unspecified atom stereocenters. The van der Waals surface area contributed by atoms with E-state index in [0.717, 1.165) is 12.8 Å². The van der Waals surface area contributed by atoms with Gasteiger partial charge in [-0.2, -0.15) is 9.78 Å². The fraction of sp³-hybridized carbons (Fsp3) is 0.292. The number of para-hydroxylation sites is 2. The van der Waals surface area contributed by atoms with Gasteiger partial charge in [0.2, 0.25) is 5.88 Å². The predicted molar refractivity (Wildman–Crippen MR) is 117 cm³/mol. The van der Waals surface area contributed by atoms with E-state index in [1.165, 1.54) is 30.0 Å². The average Bonchev–Trinajstić information content (AvgIpc) is 3.54. The third-order valence-corrected chi connectivity index (χ3v) is 5.35. The first-order valence-corrected chi connectivity index (χ1v) is 10.6. The van der Waals surface area contributed by atoms with Crippen LogP contribution in [-0.4, -0.2) is 40.5 Å². The molecule has 4 rings (SSSR count). The second kappa shape index (κ2) is 9.72. The number of aromatic nitrogens is 2. The number of carboxylic acid groups (broad SMARTS) is 1. The third-order valence-electron chi connectivity index (χ3n) is 5.35. The lowest BCUT2D eigenvalue weighted by molar-refractivity contribution is -0.137. The van der Waals surface area contributed by atoms with E-state index in [-0.39, 0.29) is 23.7 Å². The number of nitrogens with zero attached hydrogens (tertiary/aromatic N) is 2. The highest BCUT2D eigenvalue weighted by Gasteiger charge is 2.26. The normalized spacial score (nSPS) is 13.9. The monoisotopic (exact) mass is 453 g/mol. The van der Waals surface area contributed by atoms with Crippen LogP contribution in [0.15, 0.2) is 54.6 Å². The summed E-state index contributed by atoms with van der Waals surface area (Å²) in [5, 5.41) is 16.4. The van der Waals surface area contributed by atoms with E-state index in [9.17, 15) is 19.1 Å². The van der Waals surface area contributed by atoms with Crippen LogP contribution in [0.3, 0.4) is 0 Å². The Balaban J connectivity index is 1.64. The number of carboxylic acids is 1. The van der Waals surface area contributed by atoms with E-state index in [1.54, 1.807) is 36.4 Å². The smallest absolute Gasteiger partial charge is 0.305 e. The summed E-state index contributed by atoms with van der Waals surface area (Å²) < 4.78 is 26.8. The number of hydrogen-bond acceptors (Lipinski definition) is 5. The molecular weight excluding hydrogens is 429 g/mol. The molecule has 3 aromatic rings. The second-order valence-electron chi connectivity index (χ2n) is 7.85. The van der Waals surface area contributed by atoms with Gasteiger partial charge >= 0.3 is 5.97 Å². The van der Waals surface area contributed by atoms with Crippen LogP contribution in [0.1, 0.15) is 41.4 Å². The molecule has 0 bridgehead atoms. The van der Waals surface area contributed by atoms with Gasteiger partial charge in [-0.05, 0) is 37.0 Å². The molecule has 33 heavy (non-hydrogen) atoms. The van der Waals surface area contributed by atoms with Crippen molar-refractivity contribution >= 4 is 11.9 Å². The van der Waals surface area contributed by atoms with E-state index in [1.807, 2.05) is 0 Å². The maximum atomic E-state index is 14.4. The minimum absolute atomic E-state index is 0.0191. The van der Waals surface area contributed by atoms with Crippen LogP contribution in [0, 0.1) is 11.7 Å². The van der Waals surface area contributed by atoms with Gasteiger partial charge in [0.05, 0.1) is 26.2 Å². The van der Waals surface area contributed by atoms with Crippen molar-refractivity contribution in [2.24, 2.45) is 5.92 Å². The van der Waals surface area contributed by atoms with Crippen LogP contribution in [0.5, 0.6) is 11.6 Å². The summed E-state index contributed by atoms with van der Waals surface area (Å²) in [6.45, 7) is 0.448. The molecule has 1 amide bonds. The average molecular weight is 453 g/mol. The number of amides is 1. The Labute approximate surface area is 189 Å². The molecule has 2 aromatic carbocycles. The van der Waals surface area contributed by atoms with Crippen LogP contribution in [0.4, 0.5) is 4.39 Å². The standard InChI is InChI=1S/C24H24FN3O5/c1-32-21-9-5-2-6-16(21)18(13-23(29)30)26-24(31)19-12-22(33-14-15-10-11-15)28(27-19)20-8-4-3-7-17(20)25/h2-9,12,15,18H,10-11,13-14H2,1H3,(H,26,31)(H,29,30)/t18-/m0/s1. The largest absolute Gasteiger partial charge is 0.496 e. The van der Waals surface area contributed by atoms with Crippen molar-refractivity contribution in [2.45, 2.75) is 25.3 Å². The van der Waals surface area contributed by atoms with Gasteiger partial charge in [0.25, 0.3) is 5.91 Å². The summed E-state index contributed by atoms with van der Waals surface area (Å²) >= 11 is 0. The first-order valence-electron chi connectivity index (χ1n) is 10.6. The van der Waals surface area contributed by atoms with Gasteiger partial charge in [-0.15, -0.1) is 0 Å². The van der Waals surface area contributed by atoms with E-state index >= 15 is 0 Å². The lowest BCUT2D eigenvalue weighted by atomic mass is 10.0. The van der Waals surface area contributed by atoms with E-state index in [0.29, 0.717) is 23.8 Å². The Kier molecular flexibility index (Phi) is 6.58. The second-order valence-corrected chi connectivity index (χ2v) is 7.85. The van der Waals surface area contributed by atoms with E-state index in [4.69, 9.17) is 9.47 Å². The van der Waals surface area contributed by atoms with Gasteiger partial charge in [0.15, 0.2) is 5.69 Å². The zero-order valence-electron chi connectivity index (χ0n) is 18.0. The highest BCUT2D eigenvalue weighted by atomic mass is 19.1. The summed E-state index contributed by atoms with van der Waals surface area (Å²) in [5.74, 6) is -1.08. The first-order chi connectivity index (χ1) is 16.0. The number of nitrogens with one attached hydrogen (secondary N) is 1. The molecule has 172 valence electrons. The molecule has 1 atom stereocenters. The minimum atomic E-state index is -1.09. The molecule has 1 aromatic heterocycles. The van der Waals surface area contributed by atoms with Gasteiger partial charge in [-0.3, -0.25) is 9.59 Å². The van der Waals surface area contributed by atoms with Crippen molar-refractivity contribution in [3.05, 3.63) is 71.7 Å². The lowest BCUT2D eigenvalue weighted by Gasteiger charge is -2.19. The Morgan fingerprint density at radius 3 is 2.64 bits per heavy atom. The molecule has 0 spiro atoms. The molecule has 1 fully saturated rings. The molecule has 8 nitrogen and oxygen atoms in total. The molecule has 1 aliphatic rings. The van der Waals surface area contributed by atoms with E-state index in [2.05, 4.69) is 10.4 Å². The molecule has 1 aliphatic carbocycles. The van der Waals surface area contributed by atoms with Gasteiger partial charge in [-0.25, -0.2) is 4.39 Å². The number of benzene rings is 2. The molecule has 1 saturated carbocycles. The lowest BCUT2D eigenvalue weighted by Crippen LogP contribution is -2.31. The number of halogens is 1. The Bertz CT molecular complexity index is 1160. The zero-order valence-corrected chi connectivity index (χ0v) is 18.0. The van der Waals surface area contributed by atoms with Crippen molar-refractivity contribution in [1.82, 2.24) is 15.1 Å². The maximum Gasteiger partial charge on any atom is 0.305 e. The van der Waals surface area contributed by atoms with Crippen molar-refractivity contribution in [3.8, 4) is 17.3 Å². The SMILES string of the molecule is COc1ccccc1[C@H](CC(=O)O)NC(=O)c1cc(OCC2CC2)n(-c2ccccc2F)n1. The van der Waals surface area contributed by atoms with Crippen LogP contribution < -0.4 is 14.8 Å². The fourth-order valence-corrected chi connectivity index (χ4v) is 3.46. The van der Waals surface area contributed by atoms with Crippen molar-refractivity contribution in [2.75, 3.05) is 13.7 Å². The zero-order chi connectivity index (χ0) is 23.4. The summed E-state index contributed by atoms with van der Waals surface area (Å²) in [7, 11) is 1.47. The molecular formula is C24H24FN3O5. The van der Waals surface area contributed by atoms with Gasteiger partial charge in [0, 0.05) is 11.6 Å². The van der Waals surface area contributed by atoms with Crippen molar-refractivity contribution < 1.29 is 28.6 Å². The maximum absolute atomic E-state index is 14.4. The number of ether oxygens (including phenoxy) is 2. The van der Waals surface area contributed by atoms with Crippen molar-refractivity contribution in [3.63, 3.8) is 0 Å². The Hall–Kier alpha value is -3.88. The van der Waals surface area contributed by atoms with Crippen molar-refractivity contribution in [1.29, 1.82) is 0 Å². The topological polar surface area (TPSA) is 103 Å². The van der Waals surface area contributed by atoms with Crippen LogP contribution in [0.25, 0.3) is 5.69 Å². The summed E-state index contributed by atoms with van der Waals surface area (Å²) in [6.07, 6.45) is 1.78. The Morgan fingerprint density at radius 1 is 1.21 bits per heavy atom. The highest BCUT2D eigenvalue weighted by Crippen LogP contribution is 2.31. The van der Waals surface area contributed by atoms with Crippen LogP contribution in [-0.2, 0) is 4.79 Å². The molecule has 1 heterocycles. The number of aliphatic carboxylic acids is 1. The quantitative estimate of drug-likeness (QED) is 0.485. The third kappa shape index (κ3) is 5.31. The molecule has 2 N–H and O–H groups in total. The van der Waals surface area contributed by atoms with Gasteiger partial charge in [-0.1, -0.05) is 30.3 Å². The highest BCUT2D eigenvalue weighted by molar-refractivity contribution is 5.93. The minimum Gasteiger partial charge on any atom is -0.496 e. The molecule has 0 saturated heterocycles. The number of carbonyl (C=O) groups is 2. The predicted octanol–water partition coefficient (Wildman–Crippen LogP) is 3.75. The fourth-order valence-electron chi connectivity index (χ4n) is 3.46. The molecule has 0 radical (unpaired) electrons. The number of methoxy groups -OCH3 is 1. The van der Waals surface area contributed by atoms with Crippen LogP contribution >= 0.6 is 0 Å². The number of hydrogen-bond donors (Lipinski definition) is 2. The summed E-state index contributed by atoms with van der Waals surface area (Å²) in [5.41, 5.74) is 0.651. The number of carbonyl (C=O) groups excluding carboxylic acids is 1. The molecule has 0 aliphatic heterocycles. The summed E-state index contributed by atoms with van der Waals surface area (Å²) in [6, 6.07) is 13.5. The molecule has 9 heteroatoms. The van der Waals surface area contributed by atoms with Gasteiger partial charge in [0.1, 0.15) is 17.3 Å². The first kappa shape index (κ1) is 22.3.